The summed E-state index contributed by atoms with van der Waals surface area (Å²) in [5, 5.41) is 21.8. The molecule has 2 amide bonds. The van der Waals surface area contributed by atoms with Gasteiger partial charge in [0.15, 0.2) is 0 Å². The second kappa shape index (κ2) is 10.9. The van der Waals surface area contributed by atoms with Crippen LogP contribution in [0.1, 0.15) is 36.8 Å². The van der Waals surface area contributed by atoms with Crippen LogP contribution in [0.2, 0.25) is 0 Å². The van der Waals surface area contributed by atoms with Crippen LogP contribution >= 0.6 is 0 Å². The lowest BCUT2D eigenvalue weighted by Gasteiger charge is -2.24. The number of aliphatic carboxylic acids is 1. The zero-order valence-corrected chi connectivity index (χ0v) is 19.6. The highest BCUT2D eigenvalue weighted by Gasteiger charge is 2.39. The predicted molar refractivity (Wildman–Crippen MR) is 127 cm³/mol. The summed E-state index contributed by atoms with van der Waals surface area (Å²) < 4.78 is 11.1. The molecule has 0 aromatic heterocycles. The van der Waals surface area contributed by atoms with Crippen molar-refractivity contribution in [3.8, 4) is 11.1 Å². The smallest absolute Gasteiger partial charge is 0.407 e. The second-order valence-electron chi connectivity index (χ2n) is 8.78. The van der Waals surface area contributed by atoms with Crippen LogP contribution in [-0.2, 0) is 19.1 Å². The van der Waals surface area contributed by atoms with Gasteiger partial charge in [0.05, 0.1) is 18.6 Å². The lowest BCUT2D eigenvalue weighted by molar-refractivity contribution is -0.149. The molecule has 1 fully saturated rings. The first-order chi connectivity index (χ1) is 16.9. The standard InChI is InChI=1S/C26H30N2O7/c1-2-34-17(12-24(30)28-14-16(29)11-23(28)25(31)32)13-27-26(33)35-15-22-20-9-5-3-7-18(20)19-8-4-6-10-21(19)22/h3-10,16-17,22-23,29H,2,11-15H2,1H3,(H,27,33)(H,31,32). The van der Waals surface area contributed by atoms with E-state index in [0.717, 1.165) is 27.2 Å². The molecule has 0 saturated carbocycles. The number of carbonyl (C=O) groups excluding carboxylic acids is 2. The number of rotatable bonds is 9. The van der Waals surface area contributed by atoms with Crippen molar-refractivity contribution in [1.29, 1.82) is 0 Å². The van der Waals surface area contributed by atoms with Gasteiger partial charge in [0.1, 0.15) is 12.6 Å². The van der Waals surface area contributed by atoms with Crippen molar-refractivity contribution < 1.29 is 34.1 Å². The Morgan fingerprint density at radius 1 is 1.09 bits per heavy atom. The zero-order chi connectivity index (χ0) is 24.9. The maximum Gasteiger partial charge on any atom is 0.407 e. The van der Waals surface area contributed by atoms with E-state index in [4.69, 9.17) is 9.47 Å². The number of carboxylic acid groups (broad SMARTS) is 1. The van der Waals surface area contributed by atoms with E-state index in [2.05, 4.69) is 17.4 Å². The number of ether oxygens (including phenoxy) is 2. The number of likely N-dealkylation sites (tertiary alicyclic amines) is 1. The number of alkyl carbamates (subject to hydrolysis) is 1. The molecule has 9 nitrogen and oxygen atoms in total. The van der Waals surface area contributed by atoms with E-state index in [1.54, 1.807) is 6.92 Å². The number of aliphatic hydroxyl groups is 1. The summed E-state index contributed by atoms with van der Waals surface area (Å²) in [6.45, 7) is 2.25. The van der Waals surface area contributed by atoms with Crippen LogP contribution in [0.4, 0.5) is 4.79 Å². The number of fused-ring (bicyclic) bond motifs is 3. The fourth-order valence-electron chi connectivity index (χ4n) is 4.91. The topological polar surface area (TPSA) is 125 Å². The van der Waals surface area contributed by atoms with Crippen molar-refractivity contribution in [1.82, 2.24) is 10.2 Å². The first-order valence-corrected chi connectivity index (χ1v) is 11.8. The lowest BCUT2D eigenvalue weighted by atomic mass is 9.98. The molecular weight excluding hydrogens is 452 g/mol. The lowest BCUT2D eigenvalue weighted by Crippen LogP contribution is -2.44. The molecule has 2 aliphatic rings. The Kier molecular flexibility index (Phi) is 7.67. The first-order valence-electron chi connectivity index (χ1n) is 11.8. The molecule has 1 aliphatic heterocycles. The Labute approximate surface area is 203 Å². The zero-order valence-electron chi connectivity index (χ0n) is 19.6. The summed E-state index contributed by atoms with van der Waals surface area (Å²) in [6, 6.07) is 15.1. The number of aliphatic hydroxyl groups excluding tert-OH is 1. The number of carboxylic acids is 1. The largest absolute Gasteiger partial charge is 0.480 e. The summed E-state index contributed by atoms with van der Waals surface area (Å²) in [5.41, 5.74) is 4.50. The minimum atomic E-state index is -1.15. The van der Waals surface area contributed by atoms with Crippen LogP contribution in [0, 0.1) is 0 Å². The normalized spacial score (nSPS) is 19.7. The predicted octanol–water partition coefficient (Wildman–Crippen LogP) is 2.37. The van der Waals surface area contributed by atoms with E-state index in [9.17, 15) is 24.6 Å². The number of benzene rings is 2. The van der Waals surface area contributed by atoms with Gasteiger partial charge in [0.25, 0.3) is 0 Å². The molecule has 1 heterocycles. The van der Waals surface area contributed by atoms with Gasteiger partial charge in [0, 0.05) is 32.0 Å². The minimum Gasteiger partial charge on any atom is -0.480 e. The highest BCUT2D eigenvalue weighted by Crippen LogP contribution is 2.44. The third kappa shape index (κ3) is 5.47. The van der Waals surface area contributed by atoms with Crippen molar-refractivity contribution >= 4 is 18.0 Å². The van der Waals surface area contributed by atoms with Crippen LogP contribution in [0.5, 0.6) is 0 Å². The number of β-amino-alcohol motifs (C(OH)–C–C–N with tert-alkyl or cyclic N) is 1. The molecular formula is C26H30N2O7. The van der Waals surface area contributed by atoms with Gasteiger partial charge in [-0.2, -0.15) is 0 Å². The Bertz CT molecular complexity index is 1040. The Morgan fingerprint density at radius 2 is 1.71 bits per heavy atom. The van der Waals surface area contributed by atoms with E-state index in [0.29, 0.717) is 6.61 Å². The highest BCUT2D eigenvalue weighted by molar-refractivity contribution is 5.85. The van der Waals surface area contributed by atoms with E-state index >= 15 is 0 Å². The monoisotopic (exact) mass is 482 g/mol. The molecule has 1 saturated heterocycles. The van der Waals surface area contributed by atoms with Crippen molar-refractivity contribution in [3.63, 3.8) is 0 Å². The van der Waals surface area contributed by atoms with E-state index < -0.39 is 36.2 Å². The number of nitrogens with one attached hydrogen (secondary N) is 1. The average molecular weight is 483 g/mol. The molecule has 0 spiro atoms. The van der Waals surface area contributed by atoms with Gasteiger partial charge >= 0.3 is 12.1 Å². The molecule has 9 heteroatoms. The minimum absolute atomic E-state index is 0.00161. The molecule has 1 aliphatic carbocycles. The van der Waals surface area contributed by atoms with Crippen molar-refractivity contribution in [2.45, 2.75) is 43.9 Å². The first kappa shape index (κ1) is 24.7. The van der Waals surface area contributed by atoms with Crippen LogP contribution in [0.25, 0.3) is 11.1 Å². The van der Waals surface area contributed by atoms with E-state index in [-0.39, 0.29) is 38.5 Å². The molecule has 2 aromatic rings. The van der Waals surface area contributed by atoms with Crippen LogP contribution < -0.4 is 5.32 Å². The van der Waals surface area contributed by atoms with E-state index in [1.807, 2.05) is 36.4 Å². The third-order valence-corrected chi connectivity index (χ3v) is 6.51. The van der Waals surface area contributed by atoms with Gasteiger partial charge in [-0.1, -0.05) is 48.5 Å². The quantitative estimate of drug-likeness (QED) is 0.501. The van der Waals surface area contributed by atoms with Gasteiger partial charge < -0.3 is 29.9 Å². The molecule has 3 unspecified atom stereocenters. The number of carbonyl (C=O) groups is 3. The number of hydrogen-bond donors (Lipinski definition) is 3. The Balaban J connectivity index is 1.32. The number of amides is 2. The summed E-state index contributed by atoms with van der Waals surface area (Å²) in [4.78, 5) is 37.7. The molecule has 186 valence electrons. The fourth-order valence-corrected chi connectivity index (χ4v) is 4.91. The van der Waals surface area contributed by atoms with Crippen LogP contribution in [0.15, 0.2) is 48.5 Å². The third-order valence-electron chi connectivity index (χ3n) is 6.51. The summed E-state index contributed by atoms with van der Waals surface area (Å²) in [6.07, 6.45) is -2.26. The molecule has 4 rings (SSSR count). The van der Waals surface area contributed by atoms with Crippen LogP contribution in [-0.4, -0.2) is 77.6 Å². The molecule has 0 radical (unpaired) electrons. The molecule has 3 N–H and O–H groups in total. The van der Waals surface area contributed by atoms with E-state index in [1.165, 1.54) is 0 Å². The molecule has 35 heavy (non-hydrogen) atoms. The molecule has 3 atom stereocenters. The summed E-state index contributed by atoms with van der Waals surface area (Å²) >= 11 is 0. The number of hydrogen-bond acceptors (Lipinski definition) is 6. The van der Waals surface area contributed by atoms with Crippen LogP contribution in [0.3, 0.4) is 0 Å². The Hall–Kier alpha value is -3.43. The maximum atomic E-state index is 12.7. The Morgan fingerprint density at radius 3 is 2.31 bits per heavy atom. The van der Waals surface area contributed by atoms with Crippen molar-refractivity contribution in [2.24, 2.45) is 0 Å². The molecule has 0 bridgehead atoms. The fraction of sp³-hybridized carbons (Fsp3) is 0.423. The van der Waals surface area contributed by atoms with Crippen molar-refractivity contribution in [2.75, 3.05) is 26.3 Å². The van der Waals surface area contributed by atoms with Gasteiger partial charge in [-0.15, -0.1) is 0 Å². The highest BCUT2D eigenvalue weighted by atomic mass is 16.5. The average Bonchev–Trinajstić information content (AvgIpc) is 3.40. The summed E-state index contributed by atoms with van der Waals surface area (Å²) in [7, 11) is 0. The second-order valence-corrected chi connectivity index (χ2v) is 8.78. The van der Waals surface area contributed by atoms with Gasteiger partial charge in [-0.05, 0) is 29.2 Å². The SMILES string of the molecule is CCOC(CNC(=O)OCC1c2ccccc2-c2ccccc21)CC(=O)N1CC(O)CC1C(=O)O. The van der Waals surface area contributed by atoms with Gasteiger partial charge in [-0.25, -0.2) is 9.59 Å². The number of nitrogens with zero attached hydrogens (tertiary/aromatic N) is 1. The van der Waals surface area contributed by atoms with Crippen molar-refractivity contribution in [3.05, 3.63) is 59.7 Å². The van der Waals surface area contributed by atoms with Gasteiger partial charge in [-0.3, -0.25) is 4.79 Å². The molecule has 2 aromatic carbocycles. The maximum absolute atomic E-state index is 12.7. The van der Waals surface area contributed by atoms with Gasteiger partial charge in [0.2, 0.25) is 5.91 Å². The summed E-state index contributed by atoms with van der Waals surface area (Å²) in [5.74, 6) is -1.66.